The van der Waals surface area contributed by atoms with Gasteiger partial charge >= 0.3 is 5.97 Å². The number of hydrogen-bond acceptors (Lipinski definition) is 3. The predicted molar refractivity (Wildman–Crippen MR) is 59.8 cm³/mol. The van der Waals surface area contributed by atoms with Gasteiger partial charge in [-0.15, -0.1) is 0 Å². The second-order valence-corrected chi connectivity index (χ2v) is 3.84. The van der Waals surface area contributed by atoms with Crippen LogP contribution in [0.1, 0.15) is 18.5 Å². The van der Waals surface area contributed by atoms with E-state index >= 15 is 0 Å². The molecular formula is C11H11ClF3NO2. The summed E-state index contributed by atoms with van der Waals surface area (Å²) in [6.07, 6.45) is -2.37. The summed E-state index contributed by atoms with van der Waals surface area (Å²) in [5.74, 6) is -3.53. The zero-order valence-corrected chi connectivity index (χ0v) is 10.2. The van der Waals surface area contributed by atoms with Crippen LogP contribution >= 0.6 is 11.6 Å². The molecule has 0 aliphatic heterocycles. The van der Waals surface area contributed by atoms with E-state index in [4.69, 9.17) is 17.3 Å². The summed E-state index contributed by atoms with van der Waals surface area (Å²) in [7, 11) is 0. The summed E-state index contributed by atoms with van der Waals surface area (Å²) < 4.78 is 44.9. The Labute approximate surface area is 107 Å². The van der Waals surface area contributed by atoms with Gasteiger partial charge in [0, 0.05) is 5.56 Å². The van der Waals surface area contributed by atoms with E-state index < -0.39 is 40.4 Å². The second-order valence-electron chi connectivity index (χ2n) is 3.44. The molecule has 100 valence electrons. The number of alkyl halides is 1. The van der Waals surface area contributed by atoms with E-state index in [1.54, 1.807) is 0 Å². The fourth-order valence-electron chi connectivity index (χ4n) is 1.36. The highest BCUT2D eigenvalue weighted by Gasteiger charge is 2.32. The van der Waals surface area contributed by atoms with Gasteiger partial charge in [-0.25, -0.2) is 18.0 Å². The van der Waals surface area contributed by atoms with Crippen LogP contribution in [0.15, 0.2) is 12.1 Å². The molecule has 0 fully saturated rings. The topological polar surface area (TPSA) is 52.3 Å². The molecule has 1 aromatic rings. The van der Waals surface area contributed by atoms with Gasteiger partial charge in [0.2, 0.25) is 6.17 Å². The quantitative estimate of drug-likeness (QED) is 0.681. The molecule has 2 N–H and O–H groups in total. The lowest BCUT2D eigenvalue weighted by Crippen LogP contribution is -2.32. The molecule has 0 aliphatic carbocycles. The highest BCUT2D eigenvalue weighted by Crippen LogP contribution is 2.28. The van der Waals surface area contributed by atoms with Crippen LogP contribution in [-0.2, 0) is 9.53 Å². The first-order chi connectivity index (χ1) is 8.40. The molecule has 0 aromatic heterocycles. The zero-order valence-electron chi connectivity index (χ0n) is 9.42. The van der Waals surface area contributed by atoms with Crippen LogP contribution in [0, 0.1) is 11.6 Å². The van der Waals surface area contributed by atoms with Crippen molar-refractivity contribution in [2.75, 3.05) is 6.61 Å². The molecule has 0 heterocycles. The lowest BCUT2D eigenvalue weighted by Gasteiger charge is -2.17. The molecule has 0 aliphatic rings. The van der Waals surface area contributed by atoms with Crippen LogP contribution in [0.4, 0.5) is 13.2 Å². The summed E-state index contributed by atoms with van der Waals surface area (Å²) >= 11 is 5.44. The van der Waals surface area contributed by atoms with E-state index in [1.165, 1.54) is 6.92 Å². The molecule has 2 atom stereocenters. The Bertz CT molecular complexity index is 456. The summed E-state index contributed by atoms with van der Waals surface area (Å²) in [6.45, 7) is 1.41. The molecule has 7 heteroatoms. The van der Waals surface area contributed by atoms with Crippen molar-refractivity contribution >= 4 is 17.6 Å². The molecule has 18 heavy (non-hydrogen) atoms. The number of benzene rings is 1. The maximum Gasteiger partial charge on any atom is 0.342 e. The molecule has 0 spiro atoms. The van der Waals surface area contributed by atoms with Crippen LogP contribution in [-0.4, -0.2) is 18.7 Å². The third kappa shape index (κ3) is 2.94. The minimum absolute atomic E-state index is 0.0630. The molecule has 0 saturated carbocycles. The summed E-state index contributed by atoms with van der Waals surface area (Å²) in [4.78, 5) is 11.1. The molecular weight excluding hydrogens is 271 g/mol. The second kappa shape index (κ2) is 6.06. The van der Waals surface area contributed by atoms with Gasteiger partial charge < -0.3 is 10.5 Å². The smallest absolute Gasteiger partial charge is 0.342 e. The largest absolute Gasteiger partial charge is 0.464 e. The molecule has 1 aromatic carbocycles. The van der Waals surface area contributed by atoms with Gasteiger partial charge in [0.1, 0.15) is 11.6 Å². The number of nitrogens with two attached hydrogens (primary N) is 1. The first kappa shape index (κ1) is 14.8. The van der Waals surface area contributed by atoms with Gasteiger partial charge in [-0.2, -0.15) is 0 Å². The van der Waals surface area contributed by atoms with Crippen LogP contribution in [0.3, 0.4) is 0 Å². The van der Waals surface area contributed by atoms with Crippen molar-refractivity contribution in [3.05, 3.63) is 34.4 Å². The normalized spacial score (nSPS) is 14.1. The fraction of sp³-hybridized carbons (Fsp3) is 0.364. The van der Waals surface area contributed by atoms with Crippen molar-refractivity contribution in [3.63, 3.8) is 0 Å². The standard InChI is InChI=1S/C11H11ClF3NO2/c1-2-18-11(17)9(15)10(16)7-6(13)4-3-5(12)8(7)14/h3-4,9-10H,2,16H2,1H3/t9?,10-/m0/s1. The first-order valence-electron chi connectivity index (χ1n) is 5.09. The van der Waals surface area contributed by atoms with Crippen LogP contribution in [0.5, 0.6) is 0 Å². The van der Waals surface area contributed by atoms with Crippen molar-refractivity contribution in [3.8, 4) is 0 Å². The van der Waals surface area contributed by atoms with Crippen LogP contribution in [0.2, 0.25) is 5.02 Å². The number of esters is 1. The van der Waals surface area contributed by atoms with Crippen molar-refractivity contribution in [2.24, 2.45) is 5.73 Å². The first-order valence-corrected chi connectivity index (χ1v) is 5.47. The van der Waals surface area contributed by atoms with E-state index in [0.29, 0.717) is 0 Å². The fourth-order valence-corrected chi connectivity index (χ4v) is 1.53. The molecule has 3 nitrogen and oxygen atoms in total. The minimum Gasteiger partial charge on any atom is -0.464 e. The SMILES string of the molecule is CCOC(=O)C(F)[C@@H](N)c1c(F)ccc(Cl)c1F. The number of halogens is 4. The number of rotatable bonds is 4. The van der Waals surface area contributed by atoms with E-state index in [2.05, 4.69) is 4.74 Å². The molecule has 1 rings (SSSR count). The van der Waals surface area contributed by atoms with Crippen LogP contribution < -0.4 is 5.73 Å². The average Bonchev–Trinajstić information content (AvgIpc) is 2.33. The van der Waals surface area contributed by atoms with E-state index in [9.17, 15) is 18.0 Å². The number of carbonyl (C=O) groups excluding carboxylic acids is 1. The Hall–Kier alpha value is -1.27. The van der Waals surface area contributed by atoms with Gasteiger partial charge in [-0.05, 0) is 19.1 Å². The Morgan fingerprint density at radius 3 is 2.67 bits per heavy atom. The lowest BCUT2D eigenvalue weighted by molar-refractivity contribution is -0.150. The molecule has 1 unspecified atom stereocenters. The molecule has 0 saturated heterocycles. The van der Waals surface area contributed by atoms with E-state index in [-0.39, 0.29) is 6.61 Å². The van der Waals surface area contributed by atoms with Gasteiger partial charge in [0.15, 0.2) is 0 Å². The van der Waals surface area contributed by atoms with Crippen LogP contribution in [0.25, 0.3) is 0 Å². The Kier molecular flexibility index (Phi) is 4.98. The Balaban J connectivity index is 3.07. The van der Waals surface area contributed by atoms with Crippen molar-refractivity contribution in [2.45, 2.75) is 19.1 Å². The van der Waals surface area contributed by atoms with Gasteiger partial charge in [0.05, 0.1) is 17.7 Å². The third-order valence-corrected chi connectivity index (χ3v) is 2.53. The maximum atomic E-state index is 13.6. The summed E-state index contributed by atoms with van der Waals surface area (Å²) in [6, 6.07) is 0.00108. The minimum atomic E-state index is -2.37. The highest BCUT2D eigenvalue weighted by atomic mass is 35.5. The summed E-state index contributed by atoms with van der Waals surface area (Å²) in [5, 5.41) is -0.405. The highest BCUT2D eigenvalue weighted by molar-refractivity contribution is 6.30. The predicted octanol–water partition coefficient (Wildman–Crippen LogP) is 2.52. The van der Waals surface area contributed by atoms with Crippen molar-refractivity contribution in [1.82, 2.24) is 0 Å². The average molecular weight is 282 g/mol. The monoisotopic (exact) mass is 281 g/mol. The number of hydrogen-bond donors (Lipinski definition) is 1. The van der Waals surface area contributed by atoms with Crippen molar-refractivity contribution in [1.29, 1.82) is 0 Å². The Morgan fingerprint density at radius 1 is 1.50 bits per heavy atom. The van der Waals surface area contributed by atoms with E-state index in [1.807, 2.05) is 0 Å². The van der Waals surface area contributed by atoms with Crippen molar-refractivity contribution < 1.29 is 22.7 Å². The molecule has 0 bridgehead atoms. The lowest BCUT2D eigenvalue weighted by atomic mass is 10.0. The van der Waals surface area contributed by atoms with E-state index in [0.717, 1.165) is 12.1 Å². The number of ether oxygens (including phenoxy) is 1. The zero-order chi connectivity index (χ0) is 13.9. The summed E-state index contributed by atoms with van der Waals surface area (Å²) in [5.41, 5.74) is 4.55. The number of carbonyl (C=O) groups is 1. The van der Waals surface area contributed by atoms with Gasteiger partial charge in [0.25, 0.3) is 0 Å². The maximum absolute atomic E-state index is 13.6. The van der Waals surface area contributed by atoms with Gasteiger partial charge in [-0.3, -0.25) is 0 Å². The van der Waals surface area contributed by atoms with Gasteiger partial charge in [-0.1, -0.05) is 11.6 Å². The third-order valence-electron chi connectivity index (χ3n) is 2.24. The Morgan fingerprint density at radius 2 is 2.11 bits per heavy atom. The molecule has 0 amide bonds. The molecule has 0 radical (unpaired) electrons.